The Kier molecular flexibility index (Phi) is 8.91. The summed E-state index contributed by atoms with van der Waals surface area (Å²) < 4.78 is 31.0. The van der Waals surface area contributed by atoms with Gasteiger partial charge >= 0.3 is 5.97 Å². The molecule has 0 aliphatic carbocycles. The van der Waals surface area contributed by atoms with Crippen molar-refractivity contribution in [3.05, 3.63) is 0 Å². The quantitative estimate of drug-likeness (QED) is 0.375. The SMILES string of the molecule is CCC(CC(C)C(=O)NC(C)(C)CS(=O)(=O)O)C(=O)NC(C)(C)CC(=O)O. The molecule has 0 aromatic heterocycles. The molecule has 158 valence electrons. The molecule has 0 aliphatic heterocycles. The second-order valence-electron chi connectivity index (χ2n) is 8.28. The molecule has 0 rings (SSSR count). The van der Waals surface area contributed by atoms with Gasteiger partial charge in [0.15, 0.2) is 0 Å². The lowest BCUT2D eigenvalue weighted by atomic mass is 9.90. The number of hydrogen-bond acceptors (Lipinski definition) is 5. The van der Waals surface area contributed by atoms with Crippen molar-refractivity contribution in [1.29, 1.82) is 0 Å². The molecule has 2 amide bonds. The van der Waals surface area contributed by atoms with Gasteiger partial charge in [-0.2, -0.15) is 8.42 Å². The van der Waals surface area contributed by atoms with E-state index in [0.717, 1.165) is 0 Å². The van der Waals surface area contributed by atoms with Gasteiger partial charge in [0.2, 0.25) is 11.8 Å². The van der Waals surface area contributed by atoms with E-state index in [4.69, 9.17) is 9.66 Å². The standard InChI is InChI=1S/C17H32N2O7S/c1-7-12(15(23)19-16(3,4)9-13(20)21)8-11(2)14(22)18-17(5,6)10-27(24,25)26/h11-12H,7-10H2,1-6H3,(H,18,22)(H,19,23)(H,20,21)(H,24,25,26). The molecule has 0 heterocycles. The van der Waals surface area contributed by atoms with Crippen molar-refractivity contribution in [1.82, 2.24) is 10.6 Å². The van der Waals surface area contributed by atoms with Crippen molar-refractivity contribution in [2.24, 2.45) is 11.8 Å². The average Bonchev–Trinajstić information content (AvgIpc) is 2.38. The molecule has 2 unspecified atom stereocenters. The summed E-state index contributed by atoms with van der Waals surface area (Å²) in [5, 5.41) is 14.2. The van der Waals surface area contributed by atoms with Gasteiger partial charge in [-0.15, -0.1) is 0 Å². The minimum atomic E-state index is -4.25. The third-order valence-electron chi connectivity index (χ3n) is 4.01. The van der Waals surface area contributed by atoms with E-state index in [1.807, 2.05) is 0 Å². The second kappa shape index (κ2) is 9.50. The monoisotopic (exact) mass is 408 g/mol. The fourth-order valence-corrected chi connectivity index (χ4v) is 3.78. The molecule has 0 aliphatic rings. The summed E-state index contributed by atoms with van der Waals surface area (Å²) in [6.07, 6.45) is 0.454. The lowest BCUT2D eigenvalue weighted by molar-refractivity contribution is -0.139. The van der Waals surface area contributed by atoms with Crippen molar-refractivity contribution in [2.45, 2.75) is 71.9 Å². The van der Waals surface area contributed by atoms with Gasteiger partial charge in [-0.25, -0.2) is 0 Å². The lowest BCUT2D eigenvalue weighted by Crippen LogP contribution is -2.51. The maximum atomic E-state index is 12.5. The fraction of sp³-hybridized carbons (Fsp3) is 0.824. The summed E-state index contributed by atoms with van der Waals surface area (Å²) in [5.74, 6) is -3.49. The molecule has 10 heteroatoms. The molecule has 0 fully saturated rings. The zero-order valence-corrected chi connectivity index (χ0v) is 17.6. The van der Waals surface area contributed by atoms with Crippen molar-refractivity contribution in [2.75, 3.05) is 5.75 Å². The Labute approximate surface area is 161 Å². The summed E-state index contributed by atoms with van der Waals surface area (Å²) in [6, 6.07) is 0. The first-order valence-corrected chi connectivity index (χ1v) is 10.4. The van der Waals surface area contributed by atoms with Crippen LogP contribution in [0.5, 0.6) is 0 Å². The third kappa shape index (κ3) is 10.9. The molecule has 4 N–H and O–H groups in total. The fourth-order valence-electron chi connectivity index (χ4n) is 2.80. The number of nitrogens with one attached hydrogen (secondary N) is 2. The van der Waals surface area contributed by atoms with Crippen LogP contribution in [0, 0.1) is 11.8 Å². The van der Waals surface area contributed by atoms with Crippen LogP contribution in [0.3, 0.4) is 0 Å². The lowest BCUT2D eigenvalue weighted by Gasteiger charge is -2.29. The van der Waals surface area contributed by atoms with Gasteiger partial charge in [0.05, 0.1) is 17.7 Å². The van der Waals surface area contributed by atoms with Gasteiger partial charge < -0.3 is 15.7 Å². The van der Waals surface area contributed by atoms with Crippen LogP contribution in [0.25, 0.3) is 0 Å². The summed E-state index contributed by atoms with van der Waals surface area (Å²) in [7, 11) is -4.25. The zero-order valence-electron chi connectivity index (χ0n) is 16.8. The first-order chi connectivity index (χ1) is 12.0. The van der Waals surface area contributed by atoms with Crippen molar-refractivity contribution < 1.29 is 32.5 Å². The Morgan fingerprint density at radius 2 is 1.48 bits per heavy atom. The van der Waals surface area contributed by atoms with Gasteiger partial charge in [-0.3, -0.25) is 18.9 Å². The molecule has 0 bridgehead atoms. The second-order valence-corrected chi connectivity index (χ2v) is 9.74. The molecule has 0 saturated heterocycles. The Balaban J connectivity index is 4.92. The van der Waals surface area contributed by atoms with E-state index in [9.17, 15) is 22.8 Å². The van der Waals surface area contributed by atoms with E-state index in [1.165, 1.54) is 13.8 Å². The smallest absolute Gasteiger partial charge is 0.305 e. The summed E-state index contributed by atoms with van der Waals surface area (Å²) in [5.41, 5.74) is -2.08. The highest BCUT2D eigenvalue weighted by Crippen LogP contribution is 2.19. The van der Waals surface area contributed by atoms with Crippen molar-refractivity contribution >= 4 is 27.9 Å². The van der Waals surface area contributed by atoms with E-state index >= 15 is 0 Å². The van der Waals surface area contributed by atoms with Crippen LogP contribution >= 0.6 is 0 Å². The molecule has 0 spiro atoms. The molecule has 9 nitrogen and oxygen atoms in total. The first-order valence-electron chi connectivity index (χ1n) is 8.79. The molecule has 2 atom stereocenters. The zero-order chi connectivity index (χ0) is 21.6. The number of aliphatic carboxylic acids is 1. The predicted molar refractivity (Wildman–Crippen MR) is 101 cm³/mol. The van der Waals surface area contributed by atoms with Crippen molar-refractivity contribution in [3.8, 4) is 0 Å². The summed E-state index contributed by atoms with van der Waals surface area (Å²) in [6.45, 7) is 9.59. The van der Waals surface area contributed by atoms with Gasteiger partial charge in [-0.05, 0) is 40.5 Å². The van der Waals surface area contributed by atoms with Crippen molar-refractivity contribution in [3.63, 3.8) is 0 Å². The minimum absolute atomic E-state index is 0.222. The number of carbonyl (C=O) groups excluding carboxylic acids is 2. The van der Waals surface area contributed by atoms with Gasteiger partial charge in [-0.1, -0.05) is 13.8 Å². The van der Waals surface area contributed by atoms with E-state index in [1.54, 1.807) is 27.7 Å². The molecule has 27 heavy (non-hydrogen) atoms. The van der Waals surface area contributed by atoms with Crippen LogP contribution in [0.4, 0.5) is 0 Å². The maximum absolute atomic E-state index is 12.5. The number of carbonyl (C=O) groups is 3. The Morgan fingerprint density at radius 3 is 1.89 bits per heavy atom. The predicted octanol–water partition coefficient (Wildman–Crippen LogP) is 1.19. The van der Waals surface area contributed by atoms with Crippen LogP contribution in [0.15, 0.2) is 0 Å². The van der Waals surface area contributed by atoms with Crippen LogP contribution in [0.2, 0.25) is 0 Å². The highest BCUT2D eigenvalue weighted by atomic mass is 32.2. The van der Waals surface area contributed by atoms with E-state index in [2.05, 4.69) is 10.6 Å². The third-order valence-corrected chi connectivity index (χ3v) is 5.10. The van der Waals surface area contributed by atoms with Crippen LogP contribution < -0.4 is 10.6 Å². The summed E-state index contributed by atoms with van der Waals surface area (Å²) in [4.78, 5) is 35.7. The number of carboxylic acid groups (broad SMARTS) is 1. The highest BCUT2D eigenvalue weighted by Gasteiger charge is 2.32. The molecule has 0 aromatic carbocycles. The summed E-state index contributed by atoms with van der Waals surface area (Å²) >= 11 is 0. The number of hydrogen-bond donors (Lipinski definition) is 4. The van der Waals surface area contributed by atoms with Crippen LogP contribution in [0.1, 0.15) is 60.8 Å². The Morgan fingerprint density at radius 1 is 1.00 bits per heavy atom. The average molecular weight is 409 g/mol. The van der Waals surface area contributed by atoms with Gasteiger partial charge in [0.1, 0.15) is 0 Å². The van der Waals surface area contributed by atoms with Gasteiger partial charge in [0.25, 0.3) is 10.1 Å². The molecule has 0 radical (unpaired) electrons. The highest BCUT2D eigenvalue weighted by molar-refractivity contribution is 7.85. The van der Waals surface area contributed by atoms with Crippen LogP contribution in [-0.2, 0) is 24.5 Å². The van der Waals surface area contributed by atoms with E-state index < -0.39 is 50.7 Å². The number of amides is 2. The Bertz CT molecular complexity index is 656. The van der Waals surface area contributed by atoms with E-state index in [-0.39, 0.29) is 18.7 Å². The maximum Gasteiger partial charge on any atom is 0.305 e. The largest absolute Gasteiger partial charge is 0.481 e. The normalized spacial score (nSPS) is 14.9. The first kappa shape index (κ1) is 25.3. The molecular weight excluding hydrogens is 376 g/mol. The van der Waals surface area contributed by atoms with Crippen LogP contribution in [-0.4, -0.2) is 52.7 Å². The van der Waals surface area contributed by atoms with E-state index in [0.29, 0.717) is 6.42 Å². The van der Waals surface area contributed by atoms with Gasteiger partial charge in [0, 0.05) is 17.4 Å². The Hall–Kier alpha value is -1.68. The molecule has 0 aromatic rings. The molecule has 0 saturated carbocycles. The topological polar surface area (TPSA) is 150 Å². The number of rotatable bonds is 11. The molecular formula is C17H32N2O7S. The minimum Gasteiger partial charge on any atom is -0.481 e. The number of carboxylic acids is 1.